The van der Waals surface area contributed by atoms with Gasteiger partial charge >= 0.3 is 0 Å². The fourth-order valence-electron chi connectivity index (χ4n) is 1.49. The molecule has 1 aromatic heterocycles. The van der Waals surface area contributed by atoms with Crippen molar-refractivity contribution in [1.29, 1.82) is 0 Å². The zero-order chi connectivity index (χ0) is 11.7. The van der Waals surface area contributed by atoms with Crippen molar-refractivity contribution in [1.82, 2.24) is 4.98 Å². The number of pyridine rings is 1. The number of aromatic nitrogens is 1. The van der Waals surface area contributed by atoms with Crippen molar-refractivity contribution in [3.63, 3.8) is 0 Å². The van der Waals surface area contributed by atoms with Gasteiger partial charge in [-0.1, -0.05) is 0 Å². The molecule has 0 saturated carbocycles. The molecule has 1 N–H and O–H groups in total. The fourth-order valence-corrected chi connectivity index (χ4v) is 1.49. The number of benzene rings is 1. The topological polar surface area (TPSA) is 85.5 Å². The van der Waals surface area contributed by atoms with Crippen LogP contribution < -0.4 is 4.74 Å². The summed E-state index contributed by atoms with van der Waals surface area (Å²) in [6, 6.07) is 4.09. The zero-order valence-electron chi connectivity index (χ0n) is 8.38. The first kappa shape index (κ1) is 10.2. The summed E-state index contributed by atoms with van der Waals surface area (Å²) in [4.78, 5) is 14.2. The molecule has 6 nitrogen and oxygen atoms in total. The molecule has 1 heterocycles. The minimum atomic E-state index is -0.525. The largest absolute Gasteiger partial charge is 0.506 e. The molecular formula is C10H8N2O4. The minimum absolute atomic E-state index is 0.112. The standard InChI is InChI=1S/C10H8N2O4/c1-16-9-3-2-8(12(14)15)7-4-6(13)5-11-10(7)9/h2-5,13H,1H3. The molecule has 2 rings (SSSR count). The van der Waals surface area contributed by atoms with Gasteiger partial charge in [-0.05, 0) is 12.1 Å². The number of hydrogen-bond acceptors (Lipinski definition) is 5. The second-order valence-electron chi connectivity index (χ2n) is 3.13. The van der Waals surface area contributed by atoms with Crippen molar-refractivity contribution in [2.75, 3.05) is 7.11 Å². The van der Waals surface area contributed by atoms with Gasteiger partial charge in [-0.25, -0.2) is 4.98 Å². The Hall–Kier alpha value is -2.37. The SMILES string of the molecule is COc1ccc([N+](=O)[O-])c2cc(O)cnc12. The lowest BCUT2D eigenvalue weighted by atomic mass is 10.1. The molecule has 0 aliphatic heterocycles. The lowest BCUT2D eigenvalue weighted by Gasteiger charge is -2.04. The van der Waals surface area contributed by atoms with Gasteiger partial charge in [-0.3, -0.25) is 10.1 Å². The van der Waals surface area contributed by atoms with Crippen LogP contribution in [0.3, 0.4) is 0 Å². The van der Waals surface area contributed by atoms with Gasteiger partial charge in [0.1, 0.15) is 17.0 Å². The van der Waals surface area contributed by atoms with Crippen molar-refractivity contribution in [2.24, 2.45) is 0 Å². The Kier molecular flexibility index (Phi) is 2.32. The van der Waals surface area contributed by atoms with Gasteiger partial charge in [0.05, 0.1) is 23.6 Å². The number of aromatic hydroxyl groups is 1. The zero-order valence-corrected chi connectivity index (χ0v) is 8.38. The molecule has 6 heteroatoms. The van der Waals surface area contributed by atoms with Gasteiger partial charge in [0.25, 0.3) is 5.69 Å². The van der Waals surface area contributed by atoms with Crippen LogP contribution in [0, 0.1) is 10.1 Å². The van der Waals surface area contributed by atoms with E-state index in [-0.39, 0.29) is 16.8 Å². The Balaban J connectivity index is 2.85. The van der Waals surface area contributed by atoms with Crippen molar-refractivity contribution in [3.8, 4) is 11.5 Å². The summed E-state index contributed by atoms with van der Waals surface area (Å²) in [7, 11) is 1.45. The summed E-state index contributed by atoms with van der Waals surface area (Å²) >= 11 is 0. The lowest BCUT2D eigenvalue weighted by Crippen LogP contribution is -1.93. The van der Waals surface area contributed by atoms with E-state index < -0.39 is 4.92 Å². The van der Waals surface area contributed by atoms with Crippen LogP contribution in [0.15, 0.2) is 24.4 Å². The number of nitro benzene ring substituents is 1. The normalized spacial score (nSPS) is 10.3. The Bertz CT molecular complexity index is 568. The first-order valence-corrected chi connectivity index (χ1v) is 4.43. The van der Waals surface area contributed by atoms with E-state index >= 15 is 0 Å². The Morgan fingerprint density at radius 3 is 2.88 bits per heavy atom. The van der Waals surface area contributed by atoms with E-state index in [9.17, 15) is 15.2 Å². The molecule has 0 fully saturated rings. The Morgan fingerprint density at radius 1 is 1.50 bits per heavy atom. The molecule has 0 aliphatic rings. The summed E-state index contributed by atoms with van der Waals surface area (Å²) in [6.07, 6.45) is 1.22. The van der Waals surface area contributed by atoms with Crippen LogP contribution in [0.25, 0.3) is 10.9 Å². The molecular weight excluding hydrogens is 212 g/mol. The van der Waals surface area contributed by atoms with Crippen molar-refractivity contribution in [2.45, 2.75) is 0 Å². The number of non-ortho nitro benzene ring substituents is 1. The predicted octanol–water partition coefficient (Wildman–Crippen LogP) is 1.86. The molecule has 0 saturated heterocycles. The van der Waals surface area contributed by atoms with Gasteiger partial charge in [-0.15, -0.1) is 0 Å². The van der Waals surface area contributed by atoms with E-state index in [1.54, 1.807) is 0 Å². The number of fused-ring (bicyclic) bond motifs is 1. The fraction of sp³-hybridized carbons (Fsp3) is 0.100. The van der Waals surface area contributed by atoms with Gasteiger partial charge < -0.3 is 9.84 Å². The van der Waals surface area contributed by atoms with Crippen molar-refractivity contribution < 1.29 is 14.8 Å². The maximum absolute atomic E-state index is 10.8. The molecule has 0 spiro atoms. The Morgan fingerprint density at radius 2 is 2.25 bits per heavy atom. The summed E-state index contributed by atoms with van der Waals surface area (Å²) in [5, 5.41) is 20.3. The van der Waals surface area contributed by atoms with Gasteiger partial charge in [-0.2, -0.15) is 0 Å². The summed E-state index contributed by atoms with van der Waals surface area (Å²) in [6.45, 7) is 0. The smallest absolute Gasteiger partial charge is 0.279 e. The number of ether oxygens (including phenoxy) is 1. The second-order valence-corrected chi connectivity index (χ2v) is 3.13. The number of hydrogen-bond donors (Lipinski definition) is 1. The summed E-state index contributed by atoms with van der Waals surface area (Å²) in [5.74, 6) is 0.310. The Labute approximate surface area is 90.3 Å². The number of rotatable bonds is 2. The average molecular weight is 220 g/mol. The van der Waals surface area contributed by atoms with Gasteiger partial charge in [0.2, 0.25) is 0 Å². The number of methoxy groups -OCH3 is 1. The third-order valence-corrected chi connectivity index (χ3v) is 2.19. The van der Waals surface area contributed by atoms with Crippen molar-refractivity contribution >= 4 is 16.6 Å². The highest BCUT2D eigenvalue weighted by Gasteiger charge is 2.16. The van der Waals surface area contributed by atoms with Gasteiger partial charge in [0.15, 0.2) is 0 Å². The quantitative estimate of drug-likeness (QED) is 0.616. The molecule has 0 unspecified atom stereocenters. The number of nitrogens with zero attached hydrogens (tertiary/aromatic N) is 2. The van der Waals surface area contributed by atoms with E-state index in [2.05, 4.69) is 4.98 Å². The summed E-state index contributed by atoms with van der Waals surface area (Å²) in [5.41, 5.74) is 0.244. The van der Waals surface area contributed by atoms with Gasteiger partial charge in [0, 0.05) is 6.07 Å². The van der Waals surface area contributed by atoms with Crippen LogP contribution in [0.2, 0.25) is 0 Å². The molecule has 0 amide bonds. The van der Waals surface area contributed by atoms with Crippen LogP contribution in [0.5, 0.6) is 11.5 Å². The molecule has 16 heavy (non-hydrogen) atoms. The maximum Gasteiger partial charge on any atom is 0.279 e. The molecule has 82 valence electrons. The first-order chi connectivity index (χ1) is 7.63. The molecule has 0 aliphatic carbocycles. The highest BCUT2D eigenvalue weighted by molar-refractivity contribution is 5.93. The van der Waals surface area contributed by atoms with Crippen LogP contribution >= 0.6 is 0 Å². The maximum atomic E-state index is 10.8. The molecule has 2 aromatic rings. The lowest BCUT2D eigenvalue weighted by molar-refractivity contribution is -0.383. The average Bonchev–Trinajstić information content (AvgIpc) is 2.26. The predicted molar refractivity (Wildman–Crippen MR) is 56.6 cm³/mol. The third-order valence-electron chi connectivity index (χ3n) is 2.19. The summed E-state index contributed by atoms with van der Waals surface area (Å²) < 4.78 is 5.04. The number of nitro groups is 1. The molecule has 0 atom stereocenters. The highest BCUT2D eigenvalue weighted by Crippen LogP contribution is 2.32. The second kappa shape index (κ2) is 3.65. The molecule has 0 radical (unpaired) electrons. The van der Waals surface area contributed by atoms with Crippen LogP contribution in [-0.2, 0) is 0 Å². The van der Waals surface area contributed by atoms with Crippen LogP contribution in [0.4, 0.5) is 5.69 Å². The third kappa shape index (κ3) is 1.50. The molecule has 0 bridgehead atoms. The van der Waals surface area contributed by atoms with Crippen molar-refractivity contribution in [3.05, 3.63) is 34.5 Å². The highest BCUT2D eigenvalue weighted by atomic mass is 16.6. The minimum Gasteiger partial charge on any atom is -0.506 e. The van der Waals surface area contributed by atoms with Crippen LogP contribution in [-0.4, -0.2) is 22.1 Å². The molecule has 1 aromatic carbocycles. The monoisotopic (exact) mass is 220 g/mol. The van der Waals surface area contributed by atoms with E-state index in [0.717, 1.165) is 0 Å². The first-order valence-electron chi connectivity index (χ1n) is 4.43. The van der Waals surface area contributed by atoms with Crippen LogP contribution in [0.1, 0.15) is 0 Å². The van der Waals surface area contributed by atoms with E-state index in [4.69, 9.17) is 4.74 Å². The van der Waals surface area contributed by atoms with E-state index in [1.165, 1.54) is 31.5 Å². The van der Waals surface area contributed by atoms with E-state index in [1.807, 2.05) is 0 Å². The van der Waals surface area contributed by atoms with E-state index in [0.29, 0.717) is 11.3 Å².